The average molecular weight is 308 g/mol. The van der Waals surface area contributed by atoms with Crippen LogP contribution in [0.25, 0.3) is 0 Å². The van der Waals surface area contributed by atoms with Crippen LogP contribution in [0.5, 0.6) is 0 Å². The molecule has 3 aliphatic rings. The molecule has 3 rings (SSSR count). The lowest BCUT2D eigenvalue weighted by molar-refractivity contribution is -0.135. The first-order valence-electron chi connectivity index (χ1n) is 9.32. The first-order valence-corrected chi connectivity index (χ1v) is 9.32. The Morgan fingerprint density at radius 2 is 2.00 bits per heavy atom. The van der Waals surface area contributed by atoms with E-state index in [2.05, 4.69) is 16.7 Å². The highest BCUT2D eigenvalue weighted by Crippen LogP contribution is 2.40. The van der Waals surface area contributed by atoms with Crippen molar-refractivity contribution in [2.45, 2.75) is 64.4 Å². The summed E-state index contributed by atoms with van der Waals surface area (Å²) in [6.07, 6.45) is 9.67. The molecule has 4 heteroatoms. The molecule has 0 aromatic carbocycles. The SMILES string of the molecule is CCCC(=O)N1CCCC2(CCN(C[C@H]3CCCO3)CC2)C1. The molecule has 1 spiro atoms. The summed E-state index contributed by atoms with van der Waals surface area (Å²) in [5.74, 6) is 0.378. The Balaban J connectivity index is 1.49. The van der Waals surface area contributed by atoms with Crippen molar-refractivity contribution in [2.75, 3.05) is 39.3 Å². The fourth-order valence-electron chi connectivity index (χ4n) is 4.49. The van der Waals surface area contributed by atoms with E-state index in [1.54, 1.807) is 0 Å². The van der Waals surface area contributed by atoms with Crippen LogP contribution in [-0.2, 0) is 9.53 Å². The van der Waals surface area contributed by atoms with Crippen LogP contribution < -0.4 is 0 Å². The van der Waals surface area contributed by atoms with Crippen molar-refractivity contribution in [1.29, 1.82) is 0 Å². The summed E-state index contributed by atoms with van der Waals surface area (Å²) in [4.78, 5) is 17.0. The van der Waals surface area contributed by atoms with Crippen LogP contribution in [0.15, 0.2) is 0 Å². The Morgan fingerprint density at radius 3 is 2.68 bits per heavy atom. The quantitative estimate of drug-likeness (QED) is 0.800. The van der Waals surface area contributed by atoms with E-state index in [0.717, 1.165) is 39.1 Å². The van der Waals surface area contributed by atoms with Crippen LogP contribution >= 0.6 is 0 Å². The summed E-state index contributed by atoms with van der Waals surface area (Å²) in [6, 6.07) is 0. The van der Waals surface area contributed by atoms with Crippen molar-refractivity contribution in [1.82, 2.24) is 9.80 Å². The van der Waals surface area contributed by atoms with Gasteiger partial charge < -0.3 is 14.5 Å². The molecule has 0 aromatic rings. The lowest BCUT2D eigenvalue weighted by Crippen LogP contribution is -2.51. The first-order chi connectivity index (χ1) is 10.7. The highest BCUT2D eigenvalue weighted by atomic mass is 16.5. The molecule has 0 unspecified atom stereocenters. The number of hydrogen-bond donors (Lipinski definition) is 0. The summed E-state index contributed by atoms with van der Waals surface area (Å²) in [7, 11) is 0. The average Bonchev–Trinajstić information content (AvgIpc) is 3.03. The first kappa shape index (κ1) is 16.3. The van der Waals surface area contributed by atoms with Crippen molar-refractivity contribution in [3.05, 3.63) is 0 Å². The Kier molecular flexibility index (Phi) is 5.40. The normalized spacial score (nSPS) is 29.1. The highest BCUT2D eigenvalue weighted by molar-refractivity contribution is 5.76. The fourth-order valence-corrected chi connectivity index (χ4v) is 4.49. The van der Waals surface area contributed by atoms with E-state index in [0.29, 0.717) is 17.4 Å². The van der Waals surface area contributed by atoms with Crippen molar-refractivity contribution < 1.29 is 9.53 Å². The predicted molar refractivity (Wildman–Crippen MR) is 87.8 cm³/mol. The minimum absolute atomic E-state index is 0.378. The molecule has 3 saturated heterocycles. The van der Waals surface area contributed by atoms with Crippen molar-refractivity contribution in [2.24, 2.45) is 5.41 Å². The number of carbonyl (C=O) groups excluding carboxylic acids is 1. The number of amides is 1. The van der Waals surface area contributed by atoms with Crippen LogP contribution in [0.1, 0.15) is 58.3 Å². The van der Waals surface area contributed by atoms with Gasteiger partial charge in [0.05, 0.1) is 6.10 Å². The van der Waals surface area contributed by atoms with Crippen LogP contribution in [-0.4, -0.2) is 61.1 Å². The minimum Gasteiger partial charge on any atom is -0.377 e. The number of ether oxygens (including phenoxy) is 1. The van der Waals surface area contributed by atoms with Gasteiger partial charge in [0.25, 0.3) is 0 Å². The summed E-state index contributed by atoms with van der Waals surface area (Å²) in [5, 5.41) is 0. The molecule has 1 amide bonds. The Labute approximate surface area is 135 Å². The molecule has 126 valence electrons. The summed E-state index contributed by atoms with van der Waals surface area (Å²) < 4.78 is 5.77. The molecule has 1 atom stereocenters. The molecule has 0 bridgehead atoms. The topological polar surface area (TPSA) is 32.8 Å². The van der Waals surface area contributed by atoms with Gasteiger partial charge in [-0.1, -0.05) is 6.92 Å². The maximum atomic E-state index is 12.2. The maximum Gasteiger partial charge on any atom is 0.222 e. The standard InChI is InChI=1S/C18H32N2O2/c1-2-5-17(21)20-10-4-7-18(15-20)8-11-19(12-9-18)14-16-6-3-13-22-16/h16H,2-15H2,1H3/t16-/m1/s1. The van der Waals surface area contributed by atoms with E-state index < -0.39 is 0 Å². The van der Waals surface area contributed by atoms with Gasteiger partial charge in [0.2, 0.25) is 5.91 Å². The van der Waals surface area contributed by atoms with Gasteiger partial charge in [-0.15, -0.1) is 0 Å². The predicted octanol–water partition coefficient (Wildman–Crippen LogP) is 2.67. The Morgan fingerprint density at radius 1 is 1.18 bits per heavy atom. The highest BCUT2D eigenvalue weighted by Gasteiger charge is 2.39. The second kappa shape index (κ2) is 7.31. The number of hydrogen-bond acceptors (Lipinski definition) is 3. The molecule has 3 fully saturated rings. The zero-order valence-corrected chi connectivity index (χ0v) is 14.2. The third-order valence-corrected chi connectivity index (χ3v) is 5.88. The minimum atomic E-state index is 0.378. The third-order valence-electron chi connectivity index (χ3n) is 5.88. The van der Waals surface area contributed by atoms with E-state index in [-0.39, 0.29) is 0 Å². The summed E-state index contributed by atoms with van der Waals surface area (Å²) in [5.41, 5.74) is 0.411. The molecule has 3 aliphatic heterocycles. The Hall–Kier alpha value is -0.610. The maximum absolute atomic E-state index is 12.2. The van der Waals surface area contributed by atoms with Gasteiger partial charge in [-0.3, -0.25) is 4.79 Å². The van der Waals surface area contributed by atoms with E-state index in [1.165, 1.54) is 51.6 Å². The number of piperidine rings is 2. The smallest absolute Gasteiger partial charge is 0.222 e. The molecule has 0 N–H and O–H groups in total. The molecule has 0 radical (unpaired) electrons. The van der Waals surface area contributed by atoms with Gasteiger partial charge in [0, 0.05) is 32.7 Å². The summed E-state index contributed by atoms with van der Waals surface area (Å²) >= 11 is 0. The zero-order valence-electron chi connectivity index (χ0n) is 14.2. The van der Waals surface area contributed by atoms with E-state index >= 15 is 0 Å². The fraction of sp³-hybridized carbons (Fsp3) is 0.944. The van der Waals surface area contributed by atoms with Crippen LogP contribution in [0.3, 0.4) is 0 Å². The van der Waals surface area contributed by atoms with E-state index in [9.17, 15) is 4.79 Å². The molecule has 4 nitrogen and oxygen atoms in total. The molecule has 0 aromatic heterocycles. The van der Waals surface area contributed by atoms with Crippen LogP contribution in [0.4, 0.5) is 0 Å². The van der Waals surface area contributed by atoms with Gasteiger partial charge >= 0.3 is 0 Å². The van der Waals surface area contributed by atoms with Gasteiger partial charge in [-0.2, -0.15) is 0 Å². The van der Waals surface area contributed by atoms with Crippen LogP contribution in [0.2, 0.25) is 0 Å². The number of carbonyl (C=O) groups is 1. The van der Waals surface area contributed by atoms with E-state index in [4.69, 9.17) is 4.74 Å². The number of likely N-dealkylation sites (tertiary alicyclic amines) is 2. The molecular formula is C18H32N2O2. The largest absolute Gasteiger partial charge is 0.377 e. The zero-order chi connectivity index (χ0) is 15.4. The number of rotatable bonds is 4. The van der Waals surface area contributed by atoms with Gasteiger partial charge in [0.1, 0.15) is 0 Å². The molecule has 3 heterocycles. The third kappa shape index (κ3) is 3.83. The number of nitrogens with zero attached hydrogens (tertiary/aromatic N) is 2. The molecule has 22 heavy (non-hydrogen) atoms. The van der Waals surface area contributed by atoms with Crippen LogP contribution in [0, 0.1) is 5.41 Å². The lowest BCUT2D eigenvalue weighted by atomic mass is 9.72. The second-order valence-electron chi connectivity index (χ2n) is 7.60. The molecule has 0 saturated carbocycles. The van der Waals surface area contributed by atoms with E-state index in [1.807, 2.05) is 0 Å². The second-order valence-corrected chi connectivity index (χ2v) is 7.60. The van der Waals surface area contributed by atoms with Gasteiger partial charge in [-0.25, -0.2) is 0 Å². The van der Waals surface area contributed by atoms with Crippen molar-refractivity contribution in [3.8, 4) is 0 Å². The van der Waals surface area contributed by atoms with Gasteiger partial charge in [0.15, 0.2) is 0 Å². The molecular weight excluding hydrogens is 276 g/mol. The summed E-state index contributed by atoms with van der Waals surface area (Å²) in [6.45, 7) is 8.55. The molecule has 0 aliphatic carbocycles. The van der Waals surface area contributed by atoms with Crippen molar-refractivity contribution in [3.63, 3.8) is 0 Å². The monoisotopic (exact) mass is 308 g/mol. The van der Waals surface area contributed by atoms with Crippen molar-refractivity contribution >= 4 is 5.91 Å². The Bertz CT molecular complexity index is 371. The van der Waals surface area contributed by atoms with Gasteiger partial charge in [-0.05, 0) is 63.5 Å². The lowest BCUT2D eigenvalue weighted by Gasteiger charge is -2.48.